The standard InChI is InChI=1S/C9H14N2O/c1-11(2)9-5-4-7(12-3)6-8(9)10/h4-6H,10H2,1-3H3. The van der Waals surface area contributed by atoms with E-state index in [0.717, 1.165) is 17.1 Å². The minimum absolute atomic E-state index is 0.736. The molecule has 0 radical (unpaired) electrons. The third-order valence-corrected chi connectivity index (χ3v) is 1.72. The predicted molar refractivity (Wildman–Crippen MR) is 51.7 cm³/mol. The summed E-state index contributed by atoms with van der Waals surface area (Å²) >= 11 is 0. The van der Waals surface area contributed by atoms with Crippen molar-refractivity contribution in [3.8, 4) is 5.75 Å². The van der Waals surface area contributed by atoms with Crippen LogP contribution in [0.5, 0.6) is 5.75 Å². The van der Waals surface area contributed by atoms with E-state index >= 15 is 0 Å². The van der Waals surface area contributed by atoms with Crippen LogP contribution in [0.4, 0.5) is 11.4 Å². The van der Waals surface area contributed by atoms with Crippen molar-refractivity contribution in [2.75, 3.05) is 31.8 Å². The smallest absolute Gasteiger partial charge is 0.121 e. The number of hydrogen-bond acceptors (Lipinski definition) is 3. The SMILES string of the molecule is COc1ccc(N(C)C)c(N)c1. The summed E-state index contributed by atoms with van der Waals surface area (Å²) in [5.74, 6) is 0.790. The lowest BCUT2D eigenvalue weighted by Crippen LogP contribution is -2.10. The normalized spacial score (nSPS) is 9.58. The molecular formula is C9H14N2O. The molecule has 1 aromatic carbocycles. The molecule has 3 nitrogen and oxygen atoms in total. The number of nitrogen functional groups attached to an aromatic ring is 1. The Balaban J connectivity index is 3.03. The number of ether oxygens (including phenoxy) is 1. The summed E-state index contributed by atoms with van der Waals surface area (Å²) in [4.78, 5) is 1.97. The Morgan fingerprint density at radius 1 is 1.33 bits per heavy atom. The zero-order valence-corrected chi connectivity index (χ0v) is 7.66. The maximum Gasteiger partial charge on any atom is 0.121 e. The van der Waals surface area contributed by atoms with E-state index in [-0.39, 0.29) is 0 Å². The zero-order valence-electron chi connectivity index (χ0n) is 7.66. The van der Waals surface area contributed by atoms with Crippen molar-refractivity contribution in [2.45, 2.75) is 0 Å². The molecule has 0 atom stereocenters. The molecular weight excluding hydrogens is 152 g/mol. The van der Waals surface area contributed by atoms with Crippen molar-refractivity contribution in [2.24, 2.45) is 0 Å². The van der Waals surface area contributed by atoms with Crippen molar-refractivity contribution in [1.82, 2.24) is 0 Å². The van der Waals surface area contributed by atoms with Crippen molar-refractivity contribution < 1.29 is 4.74 Å². The summed E-state index contributed by atoms with van der Waals surface area (Å²) < 4.78 is 5.03. The molecule has 0 aliphatic rings. The summed E-state index contributed by atoms with van der Waals surface area (Å²) in [5.41, 5.74) is 7.52. The first-order chi connectivity index (χ1) is 5.65. The van der Waals surface area contributed by atoms with Gasteiger partial charge in [-0.15, -0.1) is 0 Å². The van der Waals surface area contributed by atoms with Crippen LogP contribution in [0, 0.1) is 0 Å². The molecule has 0 amide bonds. The molecule has 12 heavy (non-hydrogen) atoms. The van der Waals surface area contributed by atoms with Gasteiger partial charge in [0.1, 0.15) is 5.75 Å². The van der Waals surface area contributed by atoms with Gasteiger partial charge in [0.15, 0.2) is 0 Å². The van der Waals surface area contributed by atoms with E-state index < -0.39 is 0 Å². The van der Waals surface area contributed by atoms with Gasteiger partial charge in [-0.05, 0) is 12.1 Å². The van der Waals surface area contributed by atoms with Crippen LogP contribution in [0.2, 0.25) is 0 Å². The summed E-state index contributed by atoms with van der Waals surface area (Å²) in [5, 5.41) is 0. The number of benzene rings is 1. The molecule has 3 heteroatoms. The van der Waals surface area contributed by atoms with E-state index in [0.29, 0.717) is 0 Å². The van der Waals surface area contributed by atoms with E-state index in [1.54, 1.807) is 7.11 Å². The number of nitrogens with zero attached hydrogens (tertiary/aromatic N) is 1. The average Bonchev–Trinajstić information content (AvgIpc) is 2.03. The maximum absolute atomic E-state index is 5.78. The van der Waals surface area contributed by atoms with Gasteiger partial charge in [0.25, 0.3) is 0 Å². The first kappa shape index (κ1) is 8.71. The van der Waals surface area contributed by atoms with Crippen LogP contribution in [-0.4, -0.2) is 21.2 Å². The Morgan fingerprint density at radius 3 is 2.42 bits per heavy atom. The lowest BCUT2D eigenvalue weighted by Gasteiger charge is -2.15. The second kappa shape index (κ2) is 3.34. The highest BCUT2D eigenvalue weighted by molar-refractivity contribution is 5.68. The summed E-state index contributed by atoms with van der Waals surface area (Å²) in [6, 6.07) is 5.65. The number of nitrogens with two attached hydrogens (primary N) is 1. The quantitative estimate of drug-likeness (QED) is 0.674. The van der Waals surface area contributed by atoms with Gasteiger partial charge >= 0.3 is 0 Å². The Bertz CT molecular complexity index is 271. The fourth-order valence-corrected chi connectivity index (χ4v) is 1.07. The highest BCUT2D eigenvalue weighted by Crippen LogP contribution is 2.25. The van der Waals surface area contributed by atoms with Gasteiger partial charge in [-0.3, -0.25) is 0 Å². The van der Waals surface area contributed by atoms with Crippen LogP contribution in [-0.2, 0) is 0 Å². The van der Waals surface area contributed by atoms with Gasteiger partial charge < -0.3 is 15.4 Å². The summed E-state index contributed by atoms with van der Waals surface area (Å²) in [6.07, 6.45) is 0. The minimum Gasteiger partial charge on any atom is -0.497 e. The van der Waals surface area contributed by atoms with Gasteiger partial charge in [-0.2, -0.15) is 0 Å². The van der Waals surface area contributed by atoms with Crippen molar-refractivity contribution >= 4 is 11.4 Å². The van der Waals surface area contributed by atoms with Crippen molar-refractivity contribution in [3.05, 3.63) is 18.2 Å². The number of anilines is 2. The van der Waals surface area contributed by atoms with E-state index in [9.17, 15) is 0 Å². The largest absolute Gasteiger partial charge is 0.497 e. The van der Waals surface area contributed by atoms with Crippen LogP contribution in [0.25, 0.3) is 0 Å². The number of hydrogen-bond donors (Lipinski definition) is 1. The molecule has 0 aromatic heterocycles. The molecule has 0 fully saturated rings. The van der Waals surface area contributed by atoms with Crippen molar-refractivity contribution in [1.29, 1.82) is 0 Å². The van der Waals surface area contributed by atoms with Crippen LogP contribution in [0.1, 0.15) is 0 Å². The topological polar surface area (TPSA) is 38.5 Å². The number of methoxy groups -OCH3 is 1. The van der Waals surface area contributed by atoms with Gasteiger partial charge in [-0.25, -0.2) is 0 Å². The highest BCUT2D eigenvalue weighted by atomic mass is 16.5. The van der Waals surface area contributed by atoms with E-state index in [4.69, 9.17) is 10.5 Å². The Labute approximate surface area is 72.7 Å². The molecule has 1 rings (SSSR count). The number of rotatable bonds is 2. The van der Waals surface area contributed by atoms with Crippen LogP contribution in [0.15, 0.2) is 18.2 Å². The lowest BCUT2D eigenvalue weighted by molar-refractivity contribution is 0.415. The molecule has 0 aliphatic heterocycles. The fraction of sp³-hybridized carbons (Fsp3) is 0.333. The third-order valence-electron chi connectivity index (χ3n) is 1.72. The minimum atomic E-state index is 0.736. The molecule has 66 valence electrons. The molecule has 0 aliphatic carbocycles. The average molecular weight is 166 g/mol. The third kappa shape index (κ3) is 1.61. The van der Waals surface area contributed by atoms with Gasteiger partial charge in [0.05, 0.1) is 18.5 Å². The lowest BCUT2D eigenvalue weighted by atomic mass is 10.2. The van der Waals surface area contributed by atoms with E-state index in [1.807, 2.05) is 37.2 Å². The molecule has 0 bridgehead atoms. The molecule has 0 heterocycles. The molecule has 0 spiro atoms. The van der Waals surface area contributed by atoms with Crippen LogP contribution in [0.3, 0.4) is 0 Å². The molecule has 0 unspecified atom stereocenters. The zero-order chi connectivity index (χ0) is 9.14. The summed E-state index contributed by atoms with van der Waals surface area (Å²) in [7, 11) is 5.54. The predicted octanol–water partition coefficient (Wildman–Crippen LogP) is 1.34. The highest BCUT2D eigenvalue weighted by Gasteiger charge is 2.01. The van der Waals surface area contributed by atoms with Crippen LogP contribution >= 0.6 is 0 Å². The second-order valence-electron chi connectivity index (χ2n) is 2.82. The Hall–Kier alpha value is -1.38. The first-order valence-electron chi connectivity index (χ1n) is 3.76. The molecule has 2 N–H and O–H groups in total. The van der Waals surface area contributed by atoms with Gasteiger partial charge in [-0.1, -0.05) is 0 Å². The van der Waals surface area contributed by atoms with Gasteiger partial charge in [0.2, 0.25) is 0 Å². The molecule has 1 aromatic rings. The fourth-order valence-electron chi connectivity index (χ4n) is 1.07. The van der Waals surface area contributed by atoms with E-state index in [1.165, 1.54) is 0 Å². The monoisotopic (exact) mass is 166 g/mol. The van der Waals surface area contributed by atoms with E-state index in [2.05, 4.69) is 0 Å². The van der Waals surface area contributed by atoms with Crippen LogP contribution < -0.4 is 15.4 Å². The first-order valence-corrected chi connectivity index (χ1v) is 3.76. The van der Waals surface area contributed by atoms with Gasteiger partial charge in [0, 0.05) is 20.2 Å². The van der Waals surface area contributed by atoms with Crippen molar-refractivity contribution in [3.63, 3.8) is 0 Å². The maximum atomic E-state index is 5.78. The molecule has 0 saturated heterocycles. The summed E-state index contributed by atoms with van der Waals surface area (Å²) in [6.45, 7) is 0. The Kier molecular flexibility index (Phi) is 2.43. The second-order valence-corrected chi connectivity index (χ2v) is 2.82. The molecule has 0 saturated carbocycles. The Morgan fingerprint density at radius 2 is 2.00 bits per heavy atom.